The minimum absolute atomic E-state index is 0.00763. The number of rotatable bonds is 35. The van der Waals surface area contributed by atoms with E-state index in [0.29, 0.717) is 17.4 Å². The lowest BCUT2D eigenvalue weighted by molar-refractivity contribution is -0.870. The highest BCUT2D eigenvalue weighted by atomic mass is 31.2. The third kappa shape index (κ3) is 33.5. The predicted molar refractivity (Wildman–Crippen MR) is 201 cm³/mol. The summed E-state index contributed by atoms with van der Waals surface area (Å²) in [6.45, 7) is 4.56. The zero-order chi connectivity index (χ0) is 35.8. The Morgan fingerprint density at radius 3 is 1.67 bits per heavy atom. The van der Waals surface area contributed by atoms with Crippen LogP contribution in [0.1, 0.15) is 168 Å². The number of nitrogens with one attached hydrogen (secondary N) is 1. The Morgan fingerprint density at radius 1 is 0.729 bits per heavy atom. The van der Waals surface area contributed by atoms with Crippen molar-refractivity contribution in [2.45, 2.75) is 180 Å². The quantitative estimate of drug-likeness (QED) is 0.0295. The van der Waals surface area contributed by atoms with Crippen molar-refractivity contribution in [3.05, 3.63) is 24.3 Å². The lowest BCUT2D eigenvalue weighted by atomic mass is 10.0. The van der Waals surface area contributed by atoms with E-state index in [2.05, 4.69) is 25.2 Å². The van der Waals surface area contributed by atoms with Gasteiger partial charge in [0.15, 0.2) is 0 Å². The molecule has 0 bridgehead atoms. The molecule has 0 heterocycles. The summed E-state index contributed by atoms with van der Waals surface area (Å²) in [7, 11) is 1.23. The van der Waals surface area contributed by atoms with Gasteiger partial charge in [0.05, 0.1) is 39.9 Å². The van der Waals surface area contributed by atoms with Crippen molar-refractivity contribution in [1.29, 1.82) is 0 Å². The van der Waals surface area contributed by atoms with Gasteiger partial charge in [-0.1, -0.05) is 167 Å². The lowest BCUT2D eigenvalue weighted by Crippen LogP contribution is -2.45. The molecule has 0 aliphatic heterocycles. The van der Waals surface area contributed by atoms with Gasteiger partial charge < -0.3 is 28.8 Å². The Hall–Kier alpha value is -1.02. The van der Waals surface area contributed by atoms with Crippen molar-refractivity contribution in [2.24, 2.45) is 0 Å². The van der Waals surface area contributed by atoms with Gasteiger partial charge in [-0.05, 0) is 19.3 Å². The topological polar surface area (TPSA) is 108 Å². The molecule has 3 atom stereocenters. The number of amides is 1. The third-order valence-electron chi connectivity index (χ3n) is 8.72. The number of phosphoric ester groups is 1. The van der Waals surface area contributed by atoms with Crippen LogP contribution in [0.4, 0.5) is 0 Å². The molecule has 0 saturated heterocycles. The van der Waals surface area contributed by atoms with Crippen LogP contribution in [0, 0.1) is 0 Å². The molecule has 1 unspecified atom stereocenters. The van der Waals surface area contributed by atoms with E-state index < -0.39 is 26.6 Å². The maximum absolute atomic E-state index is 12.8. The first kappa shape index (κ1) is 47.0. The van der Waals surface area contributed by atoms with Crippen LogP contribution in [-0.4, -0.2) is 68.5 Å². The zero-order valence-corrected chi connectivity index (χ0v) is 32.8. The largest absolute Gasteiger partial charge is 0.756 e. The Kier molecular flexibility index (Phi) is 31.2. The highest BCUT2D eigenvalue weighted by Crippen LogP contribution is 2.38. The number of aliphatic hydroxyl groups excluding tert-OH is 1. The minimum atomic E-state index is -4.58. The van der Waals surface area contributed by atoms with Crippen molar-refractivity contribution >= 4 is 13.7 Å². The van der Waals surface area contributed by atoms with Gasteiger partial charge in [0, 0.05) is 6.42 Å². The second-order valence-corrected chi connectivity index (χ2v) is 16.1. The van der Waals surface area contributed by atoms with E-state index in [1.807, 2.05) is 27.2 Å². The summed E-state index contributed by atoms with van der Waals surface area (Å²) >= 11 is 0. The van der Waals surface area contributed by atoms with Crippen molar-refractivity contribution in [3.8, 4) is 0 Å². The van der Waals surface area contributed by atoms with E-state index in [1.165, 1.54) is 116 Å². The molecule has 0 saturated carbocycles. The number of allylic oxidation sites excluding steroid dienone is 3. The van der Waals surface area contributed by atoms with Gasteiger partial charge in [-0.3, -0.25) is 9.36 Å². The fraction of sp³-hybridized carbons (Fsp3) is 0.872. The predicted octanol–water partition coefficient (Wildman–Crippen LogP) is 9.55. The van der Waals surface area contributed by atoms with Crippen molar-refractivity contribution in [3.63, 3.8) is 0 Å². The molecule has 0 rings (SSSR count). The smallest absolute Gasteiger partial charge is 0.268 e. The molecule has 0 aromatic heterocycles. The van der Waals surface area contributed by atoms with E-state index in [-0.39, 0.29) is 12.5 Å². The fourth-order valence-corrected chi connectivity index (χ4v) is 6.23. The van der Waals surface area contributed by atoms with Gasteiger partial charge in [0.1, 0.15) is 13.2 Å². The number of hydrogen-bond donors (Lipinski definition) is 2. The molecule has 9 heteroatoms. The van der Waals surface area contributed by atoms with Gasteiger partial charge in [-0.15, -0.1) is 0 Å². The Morgan fingerprint density at radius 2 is 1.19 bits per heavy atom. The number of phosphoric acid groups is 1. The summed E-state index contributed by atoms with van der Waals surface area (Å²) in [5.41, 5.74) is 0. The summed E-state index contributed by atoms with van der Waals surface area (Å²) < 4.78 is 23.0. The first-order valence-corrected chi connectivity index (χ1v) is 21.2. The molecule has 0 radical (unpaired) electrons. The zero-order valence-electron chi connectivity index (χ0n) is 31.9. The van der Waals surface area contributed by atoms with E-state index in [0.717, 1.165) is 32.1 Å². The van der Waals surface area contributed by atoms with Crippen LogP contribution in [0.25, 0.3) is 0 Å². The van der Waals surface area contributed by atoms with E-state index >= 15 is 0 Å². The number of hydrogen-bond acceptors (Lipinski definition) is 6. The molecule has 0 aromatic carbocycles. The minimum Gasteiger partial charge on any atom is -0.756 e. The van der Waals surface area contributed by atoms with Crippen molar-refractivity contribution in [1.82, 2.24) is 5.32 Å². The van der Waals surface area contributed by atoms with Gasteiger partial charge in [0.25, 0.3) is 7.82 Å². The maximum Gasteiger partial charge on any atom is 0.268 e. The number of aliphatic hydroxyl groups is 1. The van der Waals surface area contributed by atoms with Crippen molar-refractivity contribution in [2.75, 3.05) is 40.9 Å². The highest BCUT2D eigenvalue weighted by molar-refractivity contribution is 7.45. The maximum atomic E-state index is 12.8. The molecular weight excluding hydrogens is 623 g/mol. The molecule has 0 aliphatic rings. The molecule has 0 fully saturated rings. The second-order valence-electron chi connectivity index (χ2n) is 14.7. The van der Waals surface area contributed by atoms with Crippen molar-refractivity contribution < 1.29 is 32.9 Å². The van der Waals surface area contributed by atoms with Gasteiger partial charge in [-0.25, -0.2) is 0 Å². The fourth-order valence-electron chi connectivity index (χ4n) is 5.50. The monoisotopic (exact) mass is 701 g/mol. The first-order valence-electron chi connectivity index (χ1n) is 19.7. The molecule has 0 aromatic rings. The molecule has 0 spiro atoms. The highest BCUT2D eigenvalue weighted by Gasteiger charge is 2.23. The number of nitrogens with zero attached hydrogens (tertiary/aromatic N) is 1. The Bertz CT molecular complexity index is 845. The molecule has 284 valence electrons. The summed E-state index contributed by atoms with van der Waals surface area (Å²) in [6, 6.07) is -0.911. The first-order chi connectivity index (χ1) is 23.0. The number of carbonyl (C=O) groups excluding carboxylic acids is 1. The van der Waals surface area contributed by atoms with Crippen LogP contribution in [0.3, 0.4) is 0 Å². The molecule has 48 heavy (non-hydrogen) atoms. The standard InChI is InChI=1S/C39H77N2O6P/c1-6-8-10-12-14-16-17-18-19-20-21-22-23-25-27-29-31-33-39(43)40-37(36-47-48(44,45)46-35-34-41(3,4)5)38(42)32-30-28-26-24-15-13-11-9-7-2/h26,28,30,32,37-38,42H,6-25,27,29,31,33-36H2,1-5H3,(H-,40,43,44,45)/b28-26+,32-30+/t37-,38+/m0/s1. The lowest BCUT2D eigenvalue weighted by Gasteiger charge is -2.29. The summed E-state index contributed by atoms with van der Waals surface area (Å²) in [5.74, 6) is -0.216. The molecule has 1 amide bonds. The van der Waals surface area contributed by atoms with Gasteiger partial charge >= 0.3 is 0 Å². The van der Waals surface area contributed by atoms with Crippen LogP contribution in [0.15, 0.2) is 24.3 Å². The Balaban J connectivity index is 4.42. The van der Waals surface area contributed by atoms with Crippen LogP contribution in [0.2, 0.25) is 0 Å². The average molecular weight is 701 g/mol. The summed E-state index contributed by atoms with van der Waals surface area (Å²) in [5, 5.41) is 13.6. The van der Waals surface area contributed by atoms with E-state index in [9.17, 15) is 19.4 Å². The van der Waals surface area contributed by atoms with Gasteiger partial charge in [-0.2, -0.15) is 0 Å². The van der Waals surface area contributed by atoms with Crippen LogP contribution < -0.4 is 10.2 Å². The molecular formula is C39H77N2O6P. The van der Waals surface area contributed by atoms with Gasteiger partial charge in [0.2, 0.25) is 5.91 Å². The average Bonchev–Trinajstić information content (AvgIpc) is 3.02. The molecule has 0 aliphatic carbocycles. The number of quaternary nitrogens is 1. The summed E-state index contributed by atoms with van der Waals surface area (Å²) in [4.78, 5) is 25.1. The second kappa shape index (κ2) is 31.9. The van der Waals surface area contributed by atoms with Crippen LogP contribution >= 0.6 is 7.82 Å². The third-order valence-corrected chi connectivity index (χ3v) is 9.68. The SMILES string of the molecule is CCCCCCC/C=C/C=C/[C@@H](O)[C@H](COP(=O)([O-])OCC[N+](C)(C)C)NC(=O)CCCCCCCCCCCCCCCCCCC. The number of carbonyl (C=O) groups is 1. The number of likely N-dealkylation sites (N-methyl/N-ethyl adjacent to an activating group) is 1. The normalized spacial score (nSPS) is 14.9. The number of unbranched alkanes of at least 4 members (excludes halogenated alkanes) is 21. The molecule has 8 nitrogen and oxygen atoms in total. The van der Waals surface area contributed by atoms with Crippen LogP contribution in [0.5, 0.6) is 0 Å². The molecule has 2 N–H and O–H groups in total. The Labute approximate surface area is 296 Å². The van der Waals surface area contributed by atoms with E-state index in [1.54, 1.807) is 12.2 Å². The van der Waals surface area contributed by atoms with Crippen LogP contribution in [-0.2, 0) is 18.4 Å². The van der Waals surface area contributed by atoms with E-state index in [4.69, 9.17) is 9.05 Å². The summed E-state index contributed by atoms with van der Waals surface area (Å²) in [6.07, 6.45) is 35.3.